The average molecular weight is 439 g/mol. The van der Waals surface area contributed by atoms with Crippen molar-refractivity contribution in [3.8, 4) is 0 Å². The number of hydrogen-bond acceptors (Lipinski definition) is 5. The summed E-state index contributed by atoms with van der Waals surface area (Å²) in [6.45, 7) is 6.01. The predicted molar refractivity (Wildman–Crippen MR) is 116 cm³/mol. The van der Waals surface area contributed by atoms with Crippen molar-refractivity contribution in [1.82, 2.24) is 4.90 Å². The number of aryl methyl sites for hydroxylation is 2. The van der Waals surface area contributed by atoms with Crippen molar-refractivity contribution in [1.29, 1.82) is 0 Å². The molecule has 0 amide bonds. The highest BCUT2D eigenvalue weighted by atomic mass is 35.5. The van der Waals surface area contributed by atoms with Gasteiger partial charge in [-0.05, 0) is 61.0 Å². The van der Waals surface area contributed by atoms with Crippen molar-refractivity contribution in [2.24, 2.45) is 5.16 Å². The lowest BCUT2D eigenvalue weighted by molar-refractivity contribution is -0.133. The molecule has 5 nitrogen and oxygen atoms in total. The lowest BCUT2D eigenvalue weighted by Gasteiger charge is -2.24. The maximum atomic E-state index is 13.5. The van der Waals surface area contributed by atoms with Gasteiger partial charge in [-0.25, -0.2) is 9.18 Å². The first-order valence-corrected chi connectivity index (χ1v) is 9.99. The summed E-state index contributed by atoms with van der Waals surface area (Å²) < 4.78 is 13.5. The van der Waals surface area contributed by atoms with E-state index in [-0.39, 0.29) is 18.2 Å². The second kappa shape index (κ2) is 10.5. The van der Waals surface area contributed by atoms with E-state index in [0.29, 0.717) is 31.0 Å². The monoisotopic (exact) mass is 438 g/mol. The molecule has 0 aliphatic carbocycles. The number of rotatable bonds is 7. The molecule has 29 heavy (non-hydrogen) atoms. The highest BCUT2D eigenvalue weighted by molar-refractivity contribution is 7.12. The fourth-order valence-corrected chi connectivity index (χ4v) is 4.07. The van der Waals surface area contributed by atoms with Gasteiger partial charge in [-0.2, -0.15) is 0 Å². The van der Waals surface area contributed by atoms with Crippen LogP contribution in [0, 0.1) is 19.7 Å². The smallest absolute Gasteiger partial charge is 0.332 e. The highest BCUT2D eigenvalue weighted by Crippen LogP contribution is 2.23. The molecule has 0 unspecified atom stereocenters. The van der Waals surface area contributed by atoms with Crippen molar-refractivity contribution in [3.05, 3.63) is 68.7 Å². The van der Waals surface area contributed by atoms with Gasteiger partial charge in [0.1, 0.15) is 18.1 Å². The van der Waals surface area contributed by atoms with Crippen LogP contribution in [0.1, 0.15) is 28.0 Å². The normalized spacial score (nSPS) is 14.9. The van der Waals surface area contributed by atoms with E-state index in [1.54, 1.807) is 23.5 Å². The fraction of sp³-hybridized carbons (Fsp3) is 0.333. The molecule has 0 radical (unpaired) electrons. The first-order valence-electron chi connectivity index (χ1n) is 9.11. The topological polar surface area (TPSA) is 62.1 Å². The number of aliphatic carboxylic acids is 1. The van der Waals surface area contributed by atoms with Crippen LogP contribution in [-0.2, 0) is 9.63 Å². The number of carboxylic acids is 1. The van der Waals surface area contributed by atoms with E-state index in [4.69, 9.17) is 9.94 Å². The van der Waals surface area contributed by atoms with Gasteiger partial charge in [0.05, 0.1) is 4.88 Å². The standard InChI is InChI=1S/C21H23FN2O3S.ClH/c1-14-7-11-28-20(14)19(18-6-5-17(22)12-15(18)2)23-27-10-9-24-8-3-4-16(13-24)21(25)26;/h4-7,11-12H,3,8-10,13H2,1-2H3,(H,25,26);1H. The number of benzene rings is 1. The van der Waals surface area contributed by atoms with Crippen LogP contribution in [0.4, 0.5) is 4.39 Å². The Balaban J connectivity index is 0.00000300. The zero-order valence-corrected chi connectivity index (χ0v) is 18.0. The Morgan fingerprint density at radius 1 is 1.31 bits per heavy atom. The first kappa shape index (κ1) is 23.1. The number of thiophene rings is 1. The van der Waals surface area contributed by atoms with Crippen molar-refractivity contribution in [3.63, 3.8) is 0 Å². The number of oxime groups is 1. The van der Waals surface area contributed by atoms with E-state index < -0.39 is 5.97 Å². The number of carbonyl (C=O) groups is 1. The first-order chi connectivity index (χ1) is 13.5. The van der Waals surface area contributed by atoms with Crippen molar-refractivity contribution in [2.75, 3.05) is 26.2 Å². The largest absolute Gasteiger partial charge is 0.478 e. The van der Waals surface area contributed by atoms with E-state index in [2.05, 4.69) is 5.16 Å². The highest BCUT2D eigenvalue weighted by Gasteiger charge is 2.18. The molecule has 0 spiro atoms. The van der Waals surface area contributed by atoms with E-state index in [0.717, 1.165) is 34.5 Å². The van der Waals surface area contributed by atoms with Gasteiger partial charge in [0, 0.05) is 30.8 Å². The molecule has 0 saturated heterocycles. The van der Waals surface area contributed by atoms with Gasteiger partial charge < -0.3 is 9.94 Å². The molecule has 0 atom stereocenters. The number of nitrogens with zero attached hydrogens (tertiary/aromatic N) is 2. The predicted octanol–water partition coefficient (Wildman–Crippen LogP) is 4.41. The number of halogens is 2. The third kappa shape index (κ3) is 5.88. The van der Waals surface area contributed by atoms with Crippen LogP contribution < -0.4 is 0 Å². The molecular formula is C21H24ClFN2O3S. The van der Waals surface area contributed by atoms with Crippen LogP contribution in [0.15, 0.2) is 46.5 Å². The second-order valence-corrected chi connectivity index (χ2v) is 7.68. The summed E-state index contributed by atoms with van der Waals surface area (Å²) in [6, 6.07) is 6.65. The molecule has 2 aromatic rings. The van der Waals surface area contributed by atoms with Gasteiger partial charge in [0.15, 0.2) is 0 Å². The molecule has 0 bridgehead atoms. The Bertz CT molecular complexity index is 926. The molecule has 1 aliphatic heterocycles. The third-order valence-corrected chi connectivity index (χ3v) is 5.70. The lowest BCUT2D eigenvalue weighted by atomic mass is 10.0. The van der Waals surface area contributed by atoms with Crippen LogP contribution in [0.5, 0.6) is 0 Å². The van der Waals surface area contributed by atoms with Crippen molar-refractivity contribution < 1.29 is 19.1 Å². The summed E-state index contributed by atoms with van der Waals surface area (Å²) in [5.41, 5.74) is 3.83. The molecule has 0 fully saturated rings. The Labute approximate surface area is 179 Å². The number of hydrogen-bond donors (Lipinski definition) is 1. The van der Waals surface area contributed by atoms with Gasteiger partial charge in [-0.15, -0.1) is 23.7 Å². The van der Waals surface area contributed by atoms with Gasteiger partial charge in [-0.3, -0.25) is 4.90 Å². The zero-order valence-electron chi connectivity index (χ0n) is 16.4. The molecule has 1 N–H and O–H groups in total. The molecule has 1 aliphatic rings. The maximum Gasteiger partial charge on any atom is 0.332 e. The van der Waals surface area contributed by atoms with Crippen molar-refractivity contribution in [2.45, 2.75) is 20.3 Å². The molecule has 0 saturated carbocycles. The van der Waals surface area contributed by atoms with Crippen LogP contribution in [0.25, 0.3) is 0 Å². The molecule has 1 aromatic carbocycles. The lowest BCUT2D eigenvalue weighted by Crippen LogP contribution is -2.34. The third-order valence-electron chi connectivity index (χ3n) is 4.68. The van der Waals surface area contributed by atoms with Crippen LogP contribution in [0.3, 0.4) is 0 Å². The Morgan fingerprint density at radius 3 is 2.76 bits per heavy atom. The Hall–Kier alpha value is -2.22. The average Bonchev–Trinajstić information content (AvgIpc) is 3.08. The molecule has 156 valence electrons. The van der Waals surface area contributed by atoms with Crippen LogP contribution in [0.2, 0.25) is 0 Å². The zero-order chi connectivity index (χ0) is 20.1. The van der Waals surface area contributed by atoms with Crippen LogP contribution in [-0.4, -0.2) is 47.9 Å². The summed E-state index contributed by atoms with van der Waals surface area (Å²) in [5, 5.41) is 15.5. The van der Waals surface area contributed by atoms with Crippen LogP contribution >= 0.6 is 23.7 Å². The van der Waals surface area contributed by atoms with E-state index in [1.807, 2.05) is 30.2 Å². The minimum atomic E-state index is -0.870. The Kier molecular flexibility index (Phi) is 8.37. The maximum absolute atomic E-state index is 13.5. The van der Waals surface area contributed by atoms with E-state index in [9.17, 15) is 9.18 Å². The van der Waals surface area contributed by atoms with Gasteiger partial charge in [-0.1, -0.05) is 11.2 Å². The molecule has 2 heterocycles. The number of carboxylic acid groups (broad SMARTS) is 1. The summed E-state index contributed by atoms with van der Waals surface area (Å²) in [5.74, 6) is -1.15. The van der Waals surface area contributed by atoms with Gasteiger partial charge in [0.25, 0.3) is 0 Å². The quantitative estimate of drug-likeness (QED) is 0.395. The molecule has 3 rings (SSSR count). The van der Waals surface area contributed by atoms with Crippen molar-refractivity contribution >= 4 is 35.4 Å². The molecule has 1 aromatic heterocycles. The van der Waals surface area contributed by atoms with Gasteiger partial charge >= 0.3 is 5.97 Å². The SMILES string of the molecule is Cc1cc(F)ccc1C(=NOCCN1CCC=C(C(=O)O)C1)c1sccc1C.Cl. The Morgan fingerprint density at radius 2 is 2.10 bits per heavy atom. The second-order valence-electron chi connectivity index (χ2n) is 6.76. The summed E-state index contributed by atoms with van der Waals surface area (Å²) in [7, 11) is 0. The molecule has 8 heteroatoms. The summed E-state index contributed by atoms with van der Waals surface area (Å²) in [6.07, 6.45) is 2.49. The fourth-order valence-electron chi connectivity index (χ4n) is 3.15. The molecular weight excluding hydrogens is 415 g/mol. The van der Waals surface area contributed by atoms with Gasteiger partial charge in [0.2, 0.25) is 0 Å². The van der Waals surface area contributed by atoms with E-state index in [1.165, 1.54) is 12.1 Å². The minimum Gasteiger partial charge on any atom is -0.478 e. The summed E-state index contributed by atoms with van der Waals surface area (Å²) in [4.78, 5) is 19.8. The summed E-state index contributed by atoms with van der Waals surface area (Å²) >= 11 is 1.57. The minimum absolute atomic E-state index is 0. The van der Waals surface area contributed by atoms with E-state index >= 15 is 0 Å².